The van der Waals surface area contributed by atoms with Gasteiger partial charge in [0, 0.05) is 27.7 Å². The normalized spacial score (nSPS) is 11.5. The lowest BCUT2D eigenvalue weighted by molar-refractivity contribution is 0.620. The van der Waals surface area contributed by atoms with Crippen LogP contribution in [0.25, 0.3) is 88.6 Å². The molecule has 9 aromatic carbocycles. The molecule has 4 nitrogen and oxygen atoms in total. The molecule has 0 fully saturated rings. The molecule has 0 aliphatic rings. The molecule has 0 aliphatic heterocycles. The van der Waals surface area contributed by atoms with E-state index in [2.05, 4.69) is 175 Å². The number of benzene rings is 9. The average Bonchev–Trinajstić information content (AvgIpc) is 3.90. The Morgan fingerprint density at radius 3 is 1.49 bits per heavy atom. The van der Waals surface area contributed by atoms with Gasteiger partial charge in [0.05, 0.1) is 5.69 Å². The quantitative estimate of drug-likeness (QED) is 0.164. The Kier molecular flexibility index (Phi) is 7.78. The van der Waals surface area contributed by atoms with Crippen LogP contribution in [0.1, 0.15) is 0 Å². The summed E-state index contributed by atoms with van der Waals surface area (Å²) in [5, 5.41) is 4.31. The highest BCUT2D eigenvalue weighted by Gasteiger charge is 2.23. The number of para-hydroxylation sites is 2. The Bertz CT molecular complexity index is 3170. The molecule has 0 saturated carbocycles. The van der Waals surface area contributed by atoms with E-state index in [0.29, 0.717) is 5.89 Å². The van der Waals surface area contributed by atoms with Crippen molar-refractivity contribution in [1.29, 1.82) is 0 Å². The van der Waals surface area contributed by atoms with Crippen LogP contribution >= 0.6 is 0 Å². The maximum atomic E-state index is 6.91. The Labute approximate surface area is 329 Å². The van der Waals surface area contributed by atoms with Crippen LogP contribution in [-0.2, 0) is 0 Å². The highest BCUT2D eigenvalue weighted by molar-refractivity contribution is 6.23. The van der Waals surface area contributed by atoms with E-state index in [0.717, 1.165) is 77.6 Å². The number of rotatable bonds is 7. The van der Waals surface area contributed by atoms with E-state index < -0.39 is 0 Å². The second-order valence-corrected chi connectivity index (χ2v) is 14.4. The minimum absolute atomic E-state index is 0.586. The Balaban J connectivity index is 1.07. The fraction of sp³-hybridized carbons (Fsp3) is 0. The number of hydrogen-bond acceptors (Lipinski definition) is 4. The molecule has 0 radical (unpaired) electrons. The smallest absolute Gasteiger partial charge is 0.227 e. The summed E-state index contributed by atoms with van der Waals surface area (Å²) in [6.45, 7) is 0. The second kappa shape index (κ2) is 13.6. The van der Waals surface area contributed by atoms with Gasteiger partial charge in [-0.15, -0.1) is 0 Å². The number of fused-ring (bicyclic) bond motifs is 6. The van der Waals surface area contributed by atoms with Crippen molar-refractivity contribution >= 4 is 60.9 Å². The topological polar surface area (TPSA) is 42.4 Å². The Hall–Kier alpha value is -7.69. The minimum atomic E-state index is 0.586. The molecule has 57 heavy (non-hydrogen) atoms. The molecule has 4 heteroatoms. The highest BCUT2D eigenvalue weighted by Crippen LogP contribution is 2.46. The van der Waals surface area contributed by atoms with Crippen LogP contribution in [0.3, 0.4) is 0 Å². The molecular weight excluding hydrogens is 697 g/mol. The van der Waals surface area contributed by atoms with Crippen molar-refractivity contribution in [3.05, 3.63) is 206 Å². The van der Waals surface area contributed by atoms with Crippen LogP contribution in [0.5, 0.6) is 0 Å². The van der Waals surface area contributed by atoms with Crippen LogP contribution in [0.4, 0.5) is 17.1 Å². The van der Waals surface area contributed by atoms with Gasteiger partial charge in [0.2, 0.25) is 5.89 Å². The first-order chi connectivity index (χ1) is 28.2. The standard InChI is InChI=1S/C53H34N2O2/c1-3-11-35(12-4-1)37-19-21-38(22-20-37)40-25-30-44(31-26-40)55(43-28-23-39(24-29-43)36-13-5-2-6-14-36)48-34-41-15-7-8-16-45(41)51-46-33-42(27-32-49(46)56-52(48)51)53-54-47-17-9-10-18-50(47)57-53/h1-34H. The van der Waals surface area contributed by atoms with Gasteiger partial charge in [-0.05, 0) is 105 Å². The van der Waals surface area contributed by atoms with E-state index in [9.17, 15) is 0 Å². The highest BCUT2D eigenvalue weighted by atomic mass is 16.3. The van der Waals surface area contributed by atoms with Crippen molar-refractivity contribution < 1.29 is 8.83 Å². The van der Waals surface area contributed by atoms with Gasteiger partial charge in [0.25, 0.3) is 0 Å². The van der Waals surface area contributed by atoms with Crippen molar-refractivity contribution in [3.63, 3.8) is 0 Å². The lowest BCUT2D eigenvalue weighted by atomic mass is 9.99. The number of aromatic nitrogens is 1. The maximum absolute atomic E-state index is 6.91. The summed E-state index contributed by atoms with van der Waals surface area (Å²) in [6, 6.07) is 72.3. The maximum Gasteiger partial charge on any atom is 0.227 e. The summed E-state index contributed by atoms with van der Waals surface area (Å²) in [5.74, 6) is 0.586. The van der Waals surface area contributed by atoms with Crippen LogP contribution in [0, 0.1) is 0 Å². The van der Waals surface area contributed by atoms with Crippen molar-refractivity contribution in [1.82, 2.24) is 4.98 Å². The van der Waals surface area contributed by atoms with E-state index in [-0.39, 0.29) is 0 Å². The molecular formula is C53H34N2O2. The van der Waals surface area contributed by atoms with Gasteiger partial charge in [-0.3, -0.25) is 0 Å². The minimum Gasteiger partial charge on any atom is -0.454 e. The van der Waals surface area contributed by atoms with Gasteiger partial charge in [-0.2, -0.15) is 0 Å². The number of hydrogen-bond donors (Lipinski definition) is 0. The number of oxazole rings is 1. The summed E-state index contributed by atoms with van der Waals surface area (Å²) in [5.41, 5.74) is 14.2. The number of nitrogens with zero attached hydrogens (tertiary/aromatic N) is 2. The van der Waals surface area contributed by atoms with Gasteiger partial charge in [0.1, 0.15) is 11.1 Å². The average molecular weight is 731 g/mol. The fourth-order valence-corrected chi connectivity index (χ4v) is 8.05. The molecule has 0 amide bonds. The van der Waals surface area contributed by atoms with Gasteiger partial charge < -0.3 is 13.7 Å². The molecule has 0 saturated heterocycles. The molecule has 0 bridgehead atoms. The lowest BCUT2D eigenvalue weighted by Crippen LogP contribution is -2.10. The molecule has 11 aromatic rings. The number of furan rings is 1. The van der Waals surface area contributed by atoms with E-state index >= 15 is 0 Å². The van der Waals surface area contributed by atoms with Gasteiger partial charge in [0.15, 0.2) is 11.2 Å². The van der Waals surface area contributed by atoms with E-state index in [1.165, 1.54) is 22.3 Å². The zero-order valence-electron chi connectivity index (χ0n) is 30.8. The monoisotopic (exact) mass is 730 g/mol. The third-order valence-electron chi connectivity index (χ3n) is 10.9. The van der Waals surface area contributed by atoms with Crippen LogP contribution in [0.2, 0.25) is 0 Å². The summed E-state index contributed by atoms with van der Waals surface area (Å²) in [4.78, 5) is 7.13. The first-order valence-electron chi connectivity index (χ1n) is 19.2. The summed E-state index contributed by atoms with van der Waals surface area (Å²) in [6.07, 6.45) is 0. The molecule has 2 aromatic heterocycles. The molecule has 0 spiro atoms. The first-order valence-corrected chi connectivity index (χ1v) is 19.2. The molecule has 2 heterocycles. The molecule has 11 rings (SSSR count). The van der Waals surface area contributed by atoms with Gasteiger partial charge in [-0.1, -0.05) is 146 Å². The van der Waals surface area contributed by atoms with Crippen LogP contribution in [0.15, 0.2) is 215 Å². The summed E-state index contributed by atoms with van der Waals surface area (Å²) < 4.78 is 13.1. The van der Waals surface area contributed by atoms with Gasteiger partial charge in [-0.25, -0.2) is 4.98 Å². The van der Waals surface area contributed by atoms with Crippen LogP contribution < -0.4 is 4.90 Å². The zero-order chi connectivity index (χ0) is 37.7. The van der Waals surface area contributed by atoms with Crippen molar-refractivity contribution in [2.45, 2.75) is 0 Å². The second-order valence-electron chi connectivity index (χ2n) is 14.4. The number of anilines is 3. The first kappa shape index (κ1) is 32.7. The SMILES string of the molecule is c1ccc(-c2ccc(-c3ccc(N(c4ccc(-c5ccccc5)cc4)c4cc5ccccc5c5c4oc4ccc(-c6nc7ccccc7o6)cc45)cc3)cc2)cc1. The van der Waals surface area contributed by atoms with Crippen LogP contribution in [-0.4, -0.2) is 4.98 Å². The Morgan fingerprint density at radius 1 is 0.368 bits per heavy atom. The molecule has 0 aliphatic carbocycles. The third kappa shape index (κ3) is 5.83. The summed E-state index contributed by atoms with van der Waals surface area (Å²) in [7, 11) is 0. The van der Waals surface area contributed by atoms with E-state index in [1.54, 1.807) is 0 Å². The van der Waals surface area contributed by atoms with E-state index in [1.807, 2.05) is 36.4 Å². The molecule has 0 N–H and O–H groups in total. The molecule has 268 valence electrons. The largest absolute Gasteiger partial charge is 0.454 e. The predicted molar refractivity (Wildman–Crippen MR) is 235 cm³/mol. The summed E-state index contributed by atoms with van der Waals surface area (Å²) >= 11 is 0. The molecule has 0 unspecified atom stereocenters. The fourth-order valence-electron chi connectivity index (χ4n) is 8.05. The zero-order valence-corrected chi connectivity index (χ0v) is 30.8. The van der Waals surface area contributed by atoms with Crippen molar-refractivity contribution in [3.8, 4) is 44.8 Å². The lowest BCUT2D eigenvalue weighted by Gasteiger charge is -2.26. The third-order valence-corrected chi connectivity index (χ3v) is 10.9. The molecule has 0 atom stereocenters. The van der Waals surface area contributed by atoms with E-state index in [4.69, 9.17) is 13.8 Å². The van der Waals surface area contributed by atoms with Gasteiger partial charge >= 0.3 is 0 Å². The van der Waals surface area contributed by atoms with Crippen molar-refractivity contribution in [2.75, 3.05) is 4.90 Å². The Morgan fingerprint density at radius 2 is 0.877 bits per heavy atom. The predicted octanol–water partition coefficient (Wildman–Crippen LogP) is 15.0. The van der Waals surface area contributed by atoms with Crippen molar-refractivity contribution in [2.24, 2.45) is 0 Å².